The molecule has 1 atom stereocenters. The highest BCUT2D eigenvalue weighted by Crippen LogP contribution is 2.24. The van der Waals surface area contributed by atoms with Crippen LogP contribution in [0.3, 0.4) is 0 Å². The minimum Gasteiger partial charge on any atom is -0.336 e. The molecule has 0 radical (unpaired) electrons. The van der Waals surface area contributed by atoms with Crippen LogP contribution < -0.4 is 10.6 Å². The van der Waals surface area contributed by atoms with E-state index in [0.717, 1.165) is 28.2 Å². The molecule has 1 saturated heterocycles. The third-order valence-electron chi connectivity index (χ3n) is 5.62. The van der Waals surface area contributed by atoms with Gasteiger partial charge in [0.25, 0.3) is 11.8 Å². The lowest BCUT2D eigenvalue weighted by atomic mass is 9.96. The topological polar surface area (TPSA) is 104 Å². The molecule has 2 aromatic carbocycles. The fraction of sp³-hybridized carbons (Fsp3) is 0.292. The van der Waals surface area contributed by atoms with Gasteiger partial charge in [0.2, 0.25) is 15.9 Å². The minimum absolute atomic E-state index is 0.0828. The second kappa shape index (κ2) is 10.3. The summed E-state index contributed by atoms with van der Waals surface area (Å²) in [5.41, 5.74) is 3.46. The number of halogens is 1. The van der Waals surface area contributed by atoms with Crippen LogP contribution in [-0.2, 0) is 4.79 Å². The van der Waals surface area contributed by atoms with Crippen molar-refractivity contribution < 1.29 is 14.4 Å². The summed E-state index contributed by atoms with van der Waals surface area (Å²) >= 11 is 6.79. The van der Waals surface area contributed by atoms with Gasteiger partial charge >= 0.3 is 0 Å². The van der Waals surface area contributed by atoms with Crippen molar-refractivity contribution in [3.05, 3.63) is 68.6 Å². The first-order chi connectivity index (χ1) is 16.3. The van der Waals surface area contributed by atoms with E-state index in [-0.39, 0.29) is 27.7 Å². The highest BCUT2D eigenvalue weighted by molar-refractivity contribution is 7.15. The molecular weight excluding hydrogens is 474 g/mol. The maximum absolute atomic E-state index is 13.0. The van der Waals surface area contributed by atoms with Gasteiger partial charge in [-0.15, -0.1) is 10.2 Å². The monoisotopic (exact) mass is 497 g/mol. The zero-order chi connectivity index (χ0) is 24.2. The number of nitrogens with one attached hydrogen (secondary N) is 2. The number of amides is 3. The number of rotatable bonds is 5. The Labute approximate surface area is 206 Å². The van der Waals surface area contributed by atoms with Crippen molar-refractivity contribution in [3.8, 4) is 0 Å². The van der Waals surface area contributed by atoms with Crippen molar-refractivity contribution in [1.82, 2.24) is 15.1 Å². The molecule has 0 spiro atoms. The van der Waals surface area contributed by atoms with Crippen molar-refractivity contribution in [2.45, 2.75) is 26.7 Å². The van der Waals surface area contributed by atoms with Crippen LogP contribution in [0.2, 0.25) is 5.02 Å². The number of aryl methyl sites for hydroxylation is 2. The fourth-order valence-electron chi connectivity index (χ4n) is 3.82. The lowest BCUT2D eigenvalue weighted by Crippen LogP contribution is -2.43. The molecule has 3 aromatic rings. The number of carbonyl (C=O) groups excluding carboxylic acids is 3. The molecule has 4 rings (SSSR count). The van der Waals surface area contributed by atoms with Crippen LogP contribution in [0.15, 0.2) is 42.5 Å². The Morgan fingerprint density at radius 3 is 2.50 bits per heavy atom. The molecule has 2 heterocycles. The lowest BCUT2D eigenvalue weighted by molar-refractivity contribution is -0.121. The predicted molar refractivity (Wildman–Crippen MR) is 132 cm³/mol. The summed E-state index contributed by atoms with van der Waals surface area (Å²) in [7, 11) is 0. The van der Waals surface area contributed by atoms with E-state index in [9.17, 15) is 14.4 Å². The third-order valence-corrected chi connectivity index (χ3v) is 6.79. The van der Waals surface area contributed by atoms with Gasteiger partial charge in [0.15, 0.2) is 0 Å². The minimum atomic E-state index is -0.455. The quantitative estimate of drug-likeness (QED) is 0.538. The molecule has 0 aliphatic carbocycles. The molecule has 3 amide bonds. The number of piperidine rings is 1. The van der Waals surface area contributed by atoms with Gasteiger partial charge < -0.3 is 15.5 Å². The zero-order valence-corrected chi connectivity index (χ0v) is 20.4. The molecule has 176 valence electrons. The van der Waals surface area contributed by atoms with E-state index in [4.69, 9.17) is 11.6 Å². The van der Waals surface area contributed by atoms with Crippen LogP contribution in [0.25, 0.3) is 0 Å². The summed E-state index contributed by atoms with van der Waals surface area (Å²) in [4.78, 5) is 39.9. The van der Waals surface area contributed by atoms with Crippen molar-refractivity contribution >= 4 is 52.0 Å². The van der Waals surface area contributed by atoms with E-state index in [1.54, 1.807) is 29.2 Å². The summed E-state index contributed by atoms with van der Waals surface area (Å²) < 4.78 is 0. The summed E-state index contributed by atoms with van der Waals surface area (Å²) in [6.07, 6.45) is 1.41. The summed E-state index contributed by atoms with van der Waals surface area (Å²) in [5, 5.41) is 14.3. The molecule has 1 aliphatic heterocycles. The fourth-order valence-corrected chi connectivity index (χ4v) is 4.65. The second-order valence-electron chi connectivity index (χ2n) is 8.27. The number of carbonyl (C=O) groups is 3. The highest BCUT2D eigenvalue weighted by Gasteiger charge is 2.31. The Bertz CT molecular complexity index is 1230. The van der Waals surface area contributed by atoms with E-state index in [2.05, 4.69) is 20.8 Å². The Hall–Kier alpha value is -3.30. The van der Waals surface area contributed by atoms with E-state index < -0.39 is 5.91 Å². The average molecular weight is 498 g/mol. The van der Waals surface area contributed by atoms with E-state index >= 15 is 0 Å². The van der Waals surface area contributed by atoms with Gasteiger partial charge in [-0.1, -0.05) is 40.6 Å². The van der Waals surface area contributed by atoms with Crippen LogP contribution in [0, 0.1) is 19.8 Å². The lowest BCUT2D eigenvalue weighted by Gasteiger charge is -2.31. The van der Waals surface area contributed by atoms with Crippen LogP contribution in [0.4, 0.5) is 11.4 Å². The summed E-state index contributed by atoms with van der Waals surface area (Å²) in [6.45, 7) is 4.78. The van der Waals surface area contributed by atoms with Gasteiger partial charge in [-0.3, -0.25) is 14.4 Å². The Morgan fingerprint density at radius 2 is 1.76 bits per heavy atom. The first-order valence-electron chi connectivity index (χ1n) is 10.9. The highest BCUT2D eigenvalue weighted by atomic mass is 35.5. The molecule has 0 unspecified atom stereocenters. The number of hydrogen-bond donors (Lipinski definition) is 2. The maximum Gasteiger partial charge on any atom is 0.286 e. The Morgan fingerprint density at radius 1 is 1.03 bits per heavy atom. The third kappa shape index (κ3) is 5.60. The smallest absolute Gasteiger partial charge is 0.286 e. The molecule has 0 bridgehead atoms. The molecule has 0 saturated carbocycles. The van der Waals surface area contributed by atoms with E-state index in [1.807, 2.05) is 32.0 Å². The van der Waals surface area contributed by atoms with Gasteiger partial charge in [0.1, 0.15) is 0 Å². The number of aromatic nitrogens is 2. The first kappa shape index (κ1) is 23.8. The molecule has 34 heavy (non-hydrogen) atoms. The summed E-state index contributed by atoms with van der Waals surface area (Å²) in [6, 6.07) is 12.5. The van der Waals surface area contributed by atoms with E-state index in [1.165, 1.54) is 0 Å². The molecule has 2 N–H and O–H groups in total. The van der Waals surface area contributed by atoms with Crippen LogP contribution in [-0.4, -0.2) is 45.9 Å². The van der Waals surface area contributed by atoms with Gasteiger partial charge in [0.05, 0.1) is 5.92 Å². The van der Waals surface area contributed by atoms with Gasteiger partial charge in [0, 0.05) is 29.5 Å². The Kier molecular flexibility index (Phi) is 7.23. The largest absolute Gasteiger partial charge is 0.336 e. The number of benzene rings is 2. The van der Waals surface area contributed by atoms with Gasteiger partial charge in [-0.2, -0.15) is 0 Å². The SMILES string of the molecule is Cc1ccc(NC(=O)[C@H]2CCCN(C(=O)c3nnc(C(=O)Nc4ccc(Cl)cc4)s3)C2)c(C)c1. The van der Waals surface area contributed by atoms with Crippen LogP contribution >= 0.6 is 22.9 Å². The van der Waals surface area contributed by atoms with Gasteiger partial charge in [-0.25, -0.2) is 0 Å². The Balaban J connectivity index is 1.38. The number of nitrogens with zero attached hydrogens (tertiary/aromatic N) is 3. The molecule has 8 nitrogen and oxygen atoms in total. The molecule has 1 fully saturated rings. The standard InChI is InChI=1S/C24H24ClN5O3S/c1-14-5-10-19(15(2)12-14)27-20(31)16-4-3-11-30(13-16)24(33)23-29-28-22(34-23)21(32)26-18-8-6-17(25)7-9-18/h5-10,12,16H,3-4,11,13H2,1-2H3,(H,26,32)(H,27,31)/t16-/m0/s1. The number of hydrogen-bond acceptors (Lipinski definition) is 6. The maximum atomic E-state index is 13.0. The predicted octanol–water partition coefficient (Wildman–Crippen LogP) is 4.55. The number of anilines is 2. The average Bonchev–Trinajstić information content (AvgIpc) is 3.32. The normalized spacial score (nSPS) is 15.6. The van der Waals surface area contributed by atoms with Crippen molar-refractivity contribution in [2.24, 2.45) is 5.92 Å². The van der Waals surface area contributed by atoms with Crippen LogP contribution in [0.5, 0.6) is 0 Å². The summed E-state index contributed by atoms with van der Waals surface area (Å²) in [5.74, 6) is -1.21. The second-order valence-corrected chi connectivity index (χ2v) is 9.69. The molecule has 1 aromatic heterocycles. The molecular formula is C24H24ClN5O3S. The first-order valence-corrected chi connectivity index (χ1v) is 12.1. The van der Waals surface area contributed by atoms with Crippen molar-refractivity contribution in [2.75, 3.05) is 23.7 Å². The zero-order valence-electron chi connectivity index (χ0n) is 18.8. The van der Waals surface area contributed by atoms with Crippen molar-refractivity contribution in [3.63, 3.8) is 0 Å². The van der Waals surface area contributed by atoms with Crippen molar-refractivity contribution in [1.29, 1.82) is 0 Å². The molecule has 10 heteroatoms. The van der Waals surface area contributed by atoms with Gasteiger partial charge in [-0.05, 0) is 62.6 Å². The molecule has 1 aliphatic rings. The van der Waals surface area contributed by atoms with E-state index in [0.29, 0.717) is 36.6 Å². The van der Waals surface area contributed by atoms with Crippen LogP contribution in [0.1, 0.15) is 43.6 Å². The number of likely N-dealkylation sites (tertiary alicyclic amines) is 1.